The van der Waals surface area contributed by atoms with Gasteiger partial charge >= 0.3 is 5.97 Å². The van der Waals surface area contributed by atoms with E-state index in [9.17, 15) is 18.3 Å². The number of nitrogens with zero attached hydrogens (tertiary/aromatic N) is 2. The fourth-order valence-corrected chi connectivity index (χ4v) is 5.20. The van der Waals surface area contributed by atoms with Gasteiger partial charge in [-0.3, -0.25) is 9.48 Å². The molecule has 0 bridgehead atoms. The van der Waals surface area contributed by atoms with E-state index in [0.29, 0.717) is 23.7 Å². The third-order valence-electron chi connectivity index (χ3n) is 4.04. The Hall–Kier alpha value is -1.08. The van der Waals surface area contributed by atoms with Gasteiger partial charge in [-0.2, -0.15) is 5.10 Å². The quantitative estimate of drug-likeness (QED) is 0.882. The van der Waals surface area contributed by atoms with Gasteiger partial charge in [-0.15, -0.1) is 0 Å². The van der Waals surface area contributed by atoms with Crippen molar-refractivity contribution in [1.29, 1.82) is 0 Å². The lowest BCUT2D eigenvalue weighted by Crippen LogP contribution is -2.35. The molecule has 1 aliphatic heterocycles. The maximum Gasteiger partial charge on any atom is 0.311 e. The Labute approximate surface area is 129 Å². The SMILES string of the molecule is CCc1nn(CC)c(CC2(C(=O)O)CCS(=O)(=O)C2)c1Cl. The molecule has 0 aliphatic carbocycles. The van der Waals surface area contributed by atoms with E-state index in [-0.39, 0.29) is 24.3 Å². The number of hydrogen-bond donors (Lipinski definition) is 1. The Balaban J connectivity index is 2.44. The van der Waals surface area contributed by atoms with Crippen LogP contribution < -0.4 is 0 Å². The molecule has 1 aromatic heterocycles. The number of hydrogen-bond acceptors (Lipinski definition) is 4. The highest BCUT2D eigenvalue weighted by atomic mass is 35.5. The van der Waals surface area contributed by atoms with Crippen molar-refractivity contribution in [3.63, 3.8) is 0 Å². The minimum absolute atomic E-state index is 0.0855. The lowest BCUT2D eigenvalue weighted by Gasteiger charge is -2.22. The van der Waals surface area contributed by atoms with Crippen LogP contribution in [0.1, 0.15) is 31.7 Å². The molecule has 0 amide bonds. The zero-order chi connectivity index (χ0) is 15.8. The molecule has 0 radical (unpaired) electrons. The highest BCUT2D eigenvalue weighted by Crippen LogP contribution is 2.38. The van der Waals surface area contributed by atoms with Crippen molar-refractivity contribution in [1.82, 2.24) is 9.78 Å². The summed E-state index contributed by atoms with van der Waals surface area (Å²) < 4.78 is 25.1. The Kier molecular flexibility index (Phi) is 4.35. The molecule has 1 saturated heterocycles. The van der Waals surface area contributed by atoms with Gasteiger partial charge in [-0.1, -0.05) is 18.5 Å². The molecule has 1 atom stereocenters. The molecule has 2 heterocycles. The number of rotatable bonds is 5. The molecule has 21 heavy (non-hydrogen) atoms. The van der Waals surface area contributed by atoms with E-state index in [2.05, 4.69) is 5.10 Å². The summed E-state index contributed by atoms with van der Waals surface area (Å²) in [6.07, 6.45) is 0.871. The van der Waals surface area contributed by atoms with E-state index >= 15 is 0 Å². The zero-order valence-corrected chi connectivity index (χ0v) is 13.7. The van der Waals surface area contributed by atoms with E-state index in [1.165, 1.54) is 0 Å². The molecule has 1 N–H and O–H groups in total. The van der Waals surface area contributed by atoms with Gasteiger partial charge in [-0.05, 0) is 19.8 Å². The second kappa shape index (κ2) is 5.61. The van der Waals surface area contributed by atoms with E-state index < -0.39 is 21.2 Å². The van der Waals surface area contributed by atoms with Crippen molar-refractivity contribution >= 4 is 27.4 Å². The molecule has 2 rings (SSSR count). The normalized spacial score (nSPS) is 24.3. The van der Waals surface area contributed by atoms with Crippen LogP contribution >= 0.6 is 11.6 Å². The fraction of sp³-hybridized carbons (Fsp3) is 0.692. The van der Waals surface area contributed by atoms with E-state index in [1.54, 1.807) is 4.68 Å². The minimum atomic E-state index is -3.30. The topological polar surface area (TPSA) is 89.3 Å². The maximum absolute atomic E-state index is 11.7. The number of aliphatic carboxylic acids is 1. The molecular weight excluding hydrogens is 316 g/mol. The van der Waals surface area contributed by atoms with Gasteiger partial charge in [0.2, 0.25) is 0 Å². The molecular formula is C13H19ClN2O4S. The predicted molar refractivity (Wildman–Crippen MR) is 79.3 cm³/mol. The first-order valence-electron chi connectivity index (χ1n) is 6.92. The number of halogens is 1. The number of carboxylic acids is 1. The second-order valence-corrected chi connectivity index (χ2v) is 8.04. The smallest absolute Gasteiger partial charge is 0.311 e. The first kappa shape index (κ1) is 16.3. The molecule has 1 unspecified atom stereocenters. The summed E-state index contributed by atoms with van der Waals surface area (Å²) in [5.74, 6) is -1.50. The van der Waals surface area contributed by atoms with Crippen LogP contribution in [-0.2, 0) is 34.0 Å². The van der Waals surface area contributed by atoms with Crippen molar-refractivity contribution in [2.24, 2.45) is 5.41 Å². The van der Waals surface area contributed by atoms with Crippen molar-refractivity contribution in [2.75, 3.05) is 11.5 Å². The predicted octanol–water partition coefficient (Wildman–Crippen LogP) is 1.55. The van der Waals surface area contributed by atoms with Gasteiger partial charge < -0.3 is 5.11 Å². The molecule has 1 aliphatic rings. The van der Waals surface area contributed by atoms with Crippen molar-refractivity contribution in [3.8, 4) is 0 Å². The number of carboxylic acid groups (broad SMARTS) is 1. The molecule has 0 saturated carbocycles. The fourth-order valence-electron chi connectivity index (χ4n) is 2.81. The number of aryl methyl sites for hydroxylation is 2. The van der Waals surface area contributed by atoms with Crippen LogP contribution in [0.5, 0.6) is 0 Å². The standard InChI is InChI=1S/C13H19ClN2O4S/c1-3-9-11(14)10(16(4-2)15-9)7-13(12(17)18)5-6-21(19,20)8-13/h3-8H2,1-2H3,(H,17,18). The summed E-state index contributed by atoms with van der Waals surface area (Å²) in [5.41, 5.74) is 0.0471. The number of sulfone groups is 1. The van der Waals surface area contributed by atoms with Crippen LogP contribution in [0.4, 0.5) is 0 Å². The average molecular weight is 335 g/mol. The van der Waals surface area contributed by atoms with E-state index in [4.69, 9.17) is 11.6 Å². The molecule has 118 valence electrons. The first-order valence-corrected chi connectivity index (χ1v) is 9.12. The van der Waals surface area contributed by atoms with Crippen LogP contribution in [0.3, 0.4) is 0 Å². The second-order valence-electron chi connectivity index (χ2n) is 5.48. The lowest BCUT2D eigenvalue weighted by molar-refractivity contribution is -0.147. The summed E-state index contributed by atoms with van der Waals surface area (Å²) in [7, 11) is -3.30. The molecule has 1 aromatic rings. The lowest BCUT2D eigenvalue weighted by atomic mass is 9.82. The molecule has 0 aromatic carbocycles. The number of carbonyl (C=O) groups is 1. The molecule has 0 spiro atoms. The van der Waals surface area contributed by atoms with E-state index in [0.717, 1.165) is 5.69 Å². The number of aromatic nitrogens is 2. The van der Waals surface area contributed by atoms with Crippen LogP contribution in [-0.4, -0.2) is 40.8 Å². The molecule has 6 nitrogen and oxygen atoms in total. The molecule has 8 heteroatoms. The molecule has 1 fully saturated rings. The van der Waals surface area contributed by atoms with E-state index in [1.807, 2.05) is 13.8 Å². The Morgan fingerprint density at radius 1 is 1.48 bits per heavy atom. The van der Waals surface area contributed by atoms with Gasteiger partial charge in [0.25, 0.3) is 0 Å². The summed E-state index contributed by atoms with van der Waals surface area (Å²) in [4.78, 5) is 11.7. The summed E-state index contributed by atoms with van der Waals surface area (Å²) in [6.45, 7) is 4.38. The average Bonchev–Trinajstić information content (AvgIpc) is 2.89. The van der Waals surface area contributed by atoms with Gasteiger partial charge in [0, 0.05) is 13.0 Å². The van der Waals surface area contributed by atoms with Crippen molar-refractivity contribution in [2.45, 2.75) is 39.7 Å². The Morgan fingerprint density at radius 2 is 2.14 bits per heavy atom. The minimum Gasteiger partial charge on any atom is -0.481 e. The van der Waals surface area contributed by atoms with Gasteiger partial charge in [0.05, 0.1) is 33.3 Å². The van der Waals surface area contributed by atoms with Gasteiger partial charge in [0.1, 0.15) is 0 Å². The van der Waals surface area contributed by atoms with Crippen LogP contribution in [0, 0.1) is 5.41 Å². The van der Waals surface area contributed by atoms with Crippen LogP contribution in [0.15, 0.2) is 0 Å². The van der Waals surface area contributed by atoms with Crippen LogP contribution in [0.2, 0.25) is 5.02 Å². The summed E-state index contributed by atoms with van der Waals surface area (Å²) in [5, 5.41) is 14.4. The highest BCUT2D eigenvalue weighted by molar-refractivity contribution is 7.91. The summed E-state index contributed by atoms with van der Waals surface area (Å²) in [6, 6.07) is 0. The Morgan fingerprint density at radius 3 is 2.57 bits per heavy atom. The largest absolute Gasteiger partial charge is 0.481 e. The zero-order valence-electron chi connectivity index (χ0n) is 12.1. The van der Waals surface area contributed by atoms with Crippen molar-refractivity contribution in [3.05, 3.63) is 16.4 Å². The monoisotopic (exact) mass is 334 g/mol. The first-order chi connectivity index (χ1) is 9.74. The third kappa shape index (κ3) is 2.94. The third-order valence-corrected chi connectivity index (χ3v) is 6.30. The van der Waals surface area contributed by atoms with Gasteiger partial charge in [0.15, 0.2) is 9.84 Å². The summed E-state index contributed by atoms with van der Waals surface area (Å²) >= 11 is 6.30. The van der Waals surface area contributed by atoms with Crippen LogP contribution in [0.25, 0.3) is 0 Å². The Bertz CT molecular complexity index is 668. The maximum atomic E-state index is 11.7. The van der Waals surface area contributed by atoms with Crippen molar-refractivity contribution < 1.29 is 18.3 Å². The highest BCUT2D eigenvalue weighted by Gasteiger charge is 2.49. The van der Waals surface area contributed by atoms with Gasteiger partial charge in [-0.25, -0.2) is 8.42 Å².